The third-order valence-corrected chi connectivity index (χ3v) is 1.59. The largest absolute Gasteiger partial charge is 0.351 e. The van der Waals surface area contributed by atoms with Gasteiger partial charge in [0.05, 0.1) is 0 Å². The highest BCUT2D eigenvalue weighted by atomic mass is 35.5. The predicted octanol–water partition coefficient (Wildman–Crippen LogP) is 0.680. The molecule has 0 fully saturated rings. The molecule has 2 unspecified atom stereocenters. The molecule has 12 heavy (non-hydrogen) atoms. The van der Waals surface area contributed by atoms with Crippen molar-refractivity contribution in [1.82, 2.24) is 10.2 Å². The second-order valence-corrected chi connectivity index (χ2v) is 3.94. The average Bonchev–Trinajstić information content (AvgIpc) is 1.84. The van der Waals surface area contributed by atoms with Gasteiger partial charge >= 0.3 is 0 Å². The molecule has 0 aromatic heterocycles. The topological polar surface area (TPSA) is 32.3 Å². The van der Waals surface area contributed by atoms with E-state index in [0.717, 1.165) is 6.54 Å². The molecule has 0 spiro atoms. The van der Waals surface area contributed by atoms with Gasteiger partial charge in [0.15, 0.2) is 0 Å². The quantitative estimate of drug-likeness (QED) is 0.665. The van der Waals surface area contributed by atoms with Crippen LogP contribution in [0.2, 0.25) is 0 Å². The Morgan fingerprint density at radius 2 is 2.00 bits per heavy atom. The molecule has 3 nitrogen and oxygen atoms in total. The molecule has 0 aliphatic rings. The van der Waals surface area contributed by atoms with Gasteiger partial charge in [0.2, 0.25) is 5.91 Å². The Bertz CT molecular complexity index is 148. The van der Waals surface area contributed by atoms with Gasteiger partial charge in [-0.05, 0) is 27.9 Å². The Morgan fingerprint density at radius 1 is 1.50 bits per heavy atom. The number of hydrogen-bond acceptors (Lipinski definition) is 2. The molecule has 0 aromatic rings. The Labute approximate surface area is 79.1 Å². The smallest absolute Gasteiger partial charge is 0.238 e. The van der Waals surface area contributed by atoms with Gasteiger partial charge in [-0.2, -0.15) is 0 Å². The Hall–Kier alpha value is -0.280. The molecule has 1 amide bonds. The van der Waals surface area contributed by atoms with Crippen LogP contribution in [0.3, 0.4) is 0 Å². The van der Waals surface area contributed by atoms with Crippen molar-refractivity contribution in [2.75, 3.05) is 20.6 Å². The van der Waals surface area contributed by atoms with Gasteiger partial charge in [-0.3, -0.25) is 4.79 Å². The van der Waals surface area contributed by atoms with Crippen LogP contribution < -0.4 is 5.32 Å². The second-order valence-electron chi connectivity index (χ2n) is 3.29. The van der Waals surface area contributed by atoms with Crippen molar-refractivity contribution >= 4 is 17.5 Å². The molecular formula is C8H17ClN2O. The summed E-state index contributed by atoms with van der Waals surface area (Å²) < 4.78 is 0. The number of carbonyl (C=O) groups is 1. The van der Waals surface area contributed by atoms with E-state index in [-0.39, 0.29) is 11.9 Å². The van der Waals surface area contributed by atoms with Gasteiger partial charge in [-0.1, -0.05) is 0 Å². The van der Waals surface area contributed by atoms with Crippen LogP contribution in [0.15, 0.2) is 0 Å². The van der Waals surface area contributed by atoms with Crippen molar-refractivity contribution in [2.24, 2.45) is 0 Å². The number of nitrogens with one attached hydrogen (secondary N) is 1. The van der Waals surface area contributed by atoms with Crippen LogP contribution in [0, 0.1) is 0 Å². The van der Waals surface area contributed by atoms with E-state index in [1.807, 2.05) is 25.9 Å². The van der Waals surface area contributed by atoms with Crippen LogP contribution >= 0.6 is 11.6 Å². The summed E-state index contributed by atoms with van der Waals surface area (Å²) in [4.78, 5) is 13.1. The first kappa shape index (κ1) is 11.7. The zero-order chi connectivity index (χ0) is 9.72. The molecule has 72 valence electrons. The van der Waals surface area contributed by atoms with Gasteiger partial charge in [0.25, 0.3) is 0 Å². The Kier molecular flexibility index (Phi) is 5.25. The van der Waals surface area contributed by atoms with E-state index in [9.17, 15) is 4.79 Å². The van der Waals surface area contributed by atoms with Crippen LogP contribution in [0.1, 0.15) is 13.8 Å². The molecule has 0 radical (unpaired) electrons. The van der Waals surface area contributed by atoms with Crippen LogP contribution in [0.5, 0.6) is 0 Å². The summed E-state index contributed by atoms with van der Waals surface area (Å²) in [5.41, 5.74) is 0. The monoisotopic (exact) mass is 192 g/mol. The maximum atomic E-state index is 11.1. The molecule has 0 saturated heterocycles. The fourth-order valence-corrected chi connectivity index (χ4v) is 1.01. The number of rotatable bonds is 4. The van der Waals surface area contributed by atoms with Crippen molar-refractivity contribution < 1.29 is 4.79 Å². The van der Waals surface area contributed by atoms with Gasteiger partial charge in [0.1, 0.15) is 5.38 Å². The van der Waals surface area contributed by atoms with Gasteiger partial charge in [-0.25, -0.2) is 0 Å². The number of carbonyl (C=O) groups excluding carboxylic acids is 1. The number of amides is 1. The molecule has 0 rings (SSSR count). The van der Waals surface area contributed by atoms with E-state index in [1.54, 1.807) is 6.92 Å². The van der Waals surface area contributed by atoms with Crippen molar-refractivity contribution in [3.05, 3.63) is 0 Å². The maximum absolute atomic E-state index is 11.1. The molecule has 0 bridgehead atoms. The normalized spacial score (nSPS) is 15.8. The first-order valence-corrected chi connectivity index (χ1v) is 4.46. The Balaban J connectivity index is 3.69. The third kappa shape index (κ3) is 5.38. The first-order valence-electron chi connectivity index (χ1n) is 4.02. The number of hydrogen-bond donors (Lipinski definition) is 1. The predicted molar refractivity (Wildman–Crippen MR) is 51.5 cm³/mol. The molecule has 1 N–H and O–H groups in total. The lowest BCUT2D eigenvalue weighted by Gasteiger charge is -2.18. The van der Waals surface area contributed by atoms with E-state index < -0.39 is 5.38 Å². The highest BCUT2D eigenvalue weighted by Crippen LogP contribution is 1.94. The molecule has 4 heteroatoms. The zero-order valence-corrected chi connectivity index (χ0v) is 8.85. The fraction of sp³-hybridized carbons (Fsp3) is 0.875. The average molecular weight is 193 g/mol. The van der Waals surface area contributed by atoms with E-state index >= 15 is 0 Å². The summed E-state index contributed by atoms with van der Waals surface area (Å²) in [6, 6.07) is 0.147. The molecule has 0 aliphatic carbocycles. The minimum absolute atomic E-state index is 0.106. The van der Waals surface area contributed by atoms with Crippen molar-refractivity contribution in [1.29, 1.82) is 0 Å². The second kappa shape index (κ2) is 5.38. The highest BCUT2D eigenvalue weighted by molar-refractivity contribution is 6.30. The lowest BCUT2D eigenvalue weighted by Crippen LogP contribution is -2.42. The molecule has 2 atom stereocenters. The summed E-state index contributed by atoms with van der Waals surface area (Å²) >= 11 is 5.58. The molecule has 0 saturated carbocycles. The van der Waals surface area contributed by atoms with Gasteiger partial charge in [-0.15, -0.1) is 11.6 Å². The van der Waals surface area contributed by atoms with Crippen LogP contribution in [0.25, 0.3) is 0 Å². The summed E-state index contributed by atoms with van der Waals surface area (Å²) in [7, 11) is 3.93. The highest BCUT2D eigenvalue weighted by Gasteiger charge is 2.12. The Morgan fingerprint density at radius 3 is 2.33 bits per heavy atom. The maximum Gasteiger partial charge on any atom is 0.238 e. The van der Waals surface area contributed by atoms with E-state index in [4.69, 9.17) is 11.6 Å². The molecule has 0 aliphatic heterocycles. The van der Waals surface area contributed by atoms with E-state index in [1.165, 1.54) is 0 Å². The van der Waals surface area contributed by atoms with Crippen LogP contribution in [-0.2, 0) is 4.79 Å². The summed E-state index contributed by atoms with van der Waals surface area (Å²) in [5, 5.41) is 2.35. The summed E-state index contributed by atoms with van der Waals surface area (Å²) in [6.07, 6.45) is 0. The number of alkyl halides is 1. The standard InChI is InChI=1S/C8H17ClN2O/c1-6(5-11(3)4)10-8(12)7(2)9/h6-7H,5H2,1-4H3,(H,10,12). The number of halogens is 1. The van der Waals surface area contributed by atoms with E-state index in [0.29, 0.717) is 0 Å². The molecule has 0 heterocycles. The summed E-state index contributed by atoms with van der Waals surface area (Å²) in [6.45, 7) is 4.45. The molecular weight excluding hydrogens is 176 g/mol. The lowest BCUT2D eigenvalue weighted by atomic mass is 10.3. The van der Waals surface area contributed by atoms with Crippen molar-refractivity contribution in [3.8, 4) is 0 Å². The summed E-state index contributed by atoms with van der Waals surface area (Å²) in [5.74, 6) is -0.106. The fourth-order valence-electron chi connectivity index (χ4n) is 0.951. The minimum atomic E-state index is -0.449. The van der Waals surface area contributed by atoms with Crippen LogP contribution in [-0.4, -0.2) is 42.9 Å². The molecule has 0 aromatic carbocycles. The van der Waals surface area contributed by atoms with E-state index in [2.05, 4.69) is 5.32 Å². The first-order chi connectivity index (χ1) is 5.43. The lowest BCUT2D eigenvalue weighted by molar-refractivity contribution is -0.121. The van der Waals surface area contributed by atoms with Gasteiger partial charge in [0, 0.05) is 12.6 Å². The SMILES string of the molecule is CC(CN(C)C)NC(=O)C(C)Cl. The number of nitrogens with zero attached hydrogens (tertiary/aromatic N) is 1. The van der Waals surface area contributed by atoms with Crippen LogP contribution in [0.4, 0.5) is 0 Å². The number of likely N-dealkylation sites (N-methyl/N-ethyl adjacent to an activating group) is 1. The third-order valence-electron chi connectivity index (χ3n) is 1.39. The minimum Gasteiger partial charge on any atom is -0.351 e. The van der Waals surface area contributed by atoms with Crippen molar-refractivity contribution in [3.63, 3.8) is 0 Å². The van der Waals surface area contributed by atoms with Gasteiger partial charge < -0.3 is 10.2 Å². The zero-order valence-electron chi connectivity index (χ0n) is 8.10. The van der Waals surface area contributed by atoms with Crippen molar-refractivity contribution in [2.45, 2.75) is 25.3 Å².